The Labute approximate surface area is 95.7 Å². The van der Waals surface area contributed by atoms with Gasteiger partial charge in [-0.15, -0.1) is 0 Å². The number of aryl methyl sites for hydroxylation is 1. The molecule has 0 saturated carbocycles. The summed E-state index contributed by atoms with van der Waals surface area (Å²) in [5, 5.41) is 9.95. The summed E-state index contributed by atoms with van der Waals surface area (Å²) in [7, 11) is 1.65. The molecule has 84 valence electrons. The fraction of sp³-hybridized carbons (Fsp3) is 0.500. The van der Waals surface area contributed by atoms with Gasteiger partial charge in [-0.25, -0.2) is 0 Å². The summed E-state index contributed by atoms with van der Waals surface area (Å²) in [5.41, 5.74) is 3.18. The summed E-state index contributed by atoms with van der Waals surface area (Å²) >= 11 is 1.63. The van der Waals surface area contributed by atoms with Gasteiger partial charge >= 0.3 is 0 Å². The lowest BCUT2D eigenvalue weighted by molar-refractivity contribution is 0.199. The molecule has 1 atom stereocenters. The van der Waals surface area contributed by atoms with Gasteiger partial charge in [-0.3, -0.25) is 0 Å². The van der Waals surface area contributed by atoms with E-state index in [2.05, 4.69) is 0 Å². The standard InChI is InChI=1S/C12H18O2S/c1-8-5-6-10(11(13)7-15-4)12(14-3)9(8)2/h5-6,11,13H,7H2,1-4H3. The molecule has 0 fully saturated rings. The van der Waals surface area contributed by atoms with Gasteiger partial charge < -0.3 is 9.84 Å². The number of thioether (sulfide) groups is 1. The first-order valence-corrected chi connectivity index (χ1v) is 6.32. The largest absolute Gasteiger partial charge is 0.496 e. The van der Waals surface area contributed by atoms with Crippen LogP contribution in [0.25, 0.3) is 0 Å². The molecule has 0 heterocycles. The molecule has 0 aromatic heterocycles. The molecule has 0 aliphatic carbocycles. The quantitative estimate of drug-likeness (QED) is 0.856. The normalized spacial score (nSPS) is 12.6. The van der Waals surface area contributed by atoms with Crippen LogP contribution in [0, 0.1) is 13.8 Å². The molecule has 1 N–H and O–H groups in total. The summed E-state index contributed by atoms with van der Waals surface area (Å²) < 4.78 is 5.36. The van der Waals surface area contributed by atoms with Crippen molar-refractivity contribution in [2.24, 2.45) is 0 Å². The SMILES string of the molecule is COc1c(C(O)CSC)ccc(C)c1C. The van der Waals surface area contributed by atoms with E-state index in [9.17, 15) is 5.11 Å². The molecule has 1 rings (SSSR count). The number of aliphatic hydroxyl groups excluding tert-OH is 1. The summed E-state index contributed by atoms with van der Waals surface area (Å²) in [4.78, 5) is 0. The Balaban J connectivity index is 3.12. The Morgan fingerprint density at radius 2 is 2.07 bits per heavy atom. The van der Waals surface area contributed by atoms with Crippen molar-refractivity contribution >= 4 is 11.8 Å². The van der Waals surface area contributed by atoms with E-state index in [-0.39, 0.29) is 0 Å². The predicted molar refractivity (Wildman–Crippen MR) is 65.8 cm³/mol. The molecule has 1 aromatic carbocycles. The molecular formula is C12H18O2S. The second kappa shape index (κ2) is 5.42. The van der Waals surface area contributed by atoms with Crippen LogP contribution in [0.3, 0.4) is 0 Å². The first kappa shape index (κ1) is 12.4. The molecule has 15 heavy (non-hydrogen) atoms. The van der Waals surface area contributed by atoms with Crippen LogP contribution in [0.15, 0.2) is 12.1 Å². The van der Waals surface area contributed by atoms with Crippen LogP contribution >= 0.6 is 11.8 Å². The minimum Gasteiger partial charge on any atom is -0.496 e. The third-order valence-corrected chi connectivity index (χ3v) is 3.24. The highest BCUT2D eigenvalue weighted by molar-refractivity contribution is 7.98. The van der Waals surface area contributed by atoms with Crippen molar-refractivity contribution in [1.82, 2.24) is 0 Å². The Morgan fingerprint density at radius 3 is 2.60 bits per heavy atom. The van der Waals surface area contributed by atoms with Gasteiger partial charge in [0.25, 0.3) is 0 Å². The first-order chi connectivity index (χ1) is 7.11. The fourth-order valence-electron chi connectivity index (χ4n) is 1.59. The van der Waals surface area contributed by atoms with E-state index in [0.29, 0.717) is 5.75 Å². The maximum absolute atomic E-state index is 9.95. The molecule has 1 aromatic rings. The highest BCUT2D eigenvalue weighted by Gasteiger charge is 2.15. The molecule has 0 amide bonds. The van der Waals surface area contributed by atoms with Crippen LogP contribution in [0.1, 0.15) is 22.8 Å². The van der Waals surface area contributed by atoms with Crippen molar-refractivity contribution in [3.8, 4) is 5.75 Å². The smallest absolute Gasteiger partial charge is 0.127 e. The van der Waals surface area contributed by atoms with E-state index in [1.165, 1.54) is 5.56 Å². The Morgan fingerprint density at radius 1 is 1.40 bits per heavy atom. The van der Waals surface area contributed by atoms with Crippen LogP contribution < -0.4 is 4.74 Å². The van der Waals surface area contributed by atoms with Crippen molar-refractivity contribution in [1.29, 1.82) is 0 Å². The lowest BCUT2D eigenvalue weighted by Crippen LogP contribution is -2.05. The Kier molecular flexibility index (Phi) is 4.48. The molecule has 0 aliphatic rings. The molecule has 0 spiro atoms. The number of methoxy groups -OCH3 is 1. The highest BCUT2D eigenvalue weighted by Crippen LogP contribution is 2.31. The number of hydrogen-bond acceptors (Lipinski definition) is 3. The van der Waals surface area contributed by atoms with Gasteiger partial charge in [-0.05, 0) is 31.2 Å². The molecular weight excluding hydrogens is 208 g/mol. The van der Waals surface area contributed by atoms with Crippen molar-refractivity contribution in [3.63, 3.8) is 0 Å². The number of ether oxygens (including phenoxy) is 1. The van der Waals surface area contributed by atoms with Crippen molar-refractivity contribution in [2.45, 2.75) is 20.0 Å². The van der Waals surface area contributed by atoms with E-state index < -0.39 is 6.10 Å². The monoisotopic (exact) mass is 226 g/mol. The maximum Gasteiger partial charge on any atom is 0.127 e. The number of benzene rings is 1. The summed E-state index contributed by atoms with van der Waals surface area (Å²) in [6.45, 7) is 4.06. The van der Waals surface area contributed by atoms with Gasteiger partial charge in [0.15, 0.2) is 0 Å². The van der Waals surface area contributed by atoms with E-state index in [1.807, 2.05) is 32.2 Å². The highest BCUT2D eigenvalue weighted by atomic mass is 32.2. The zero-order chi connectivity index (χ0) is 11.4. The third-order valence-electron chi connectivity index (χ3n) is 2.59. The topological polar surface area (TPSA) is 29.5 Å². The fourth-order valence-corrected chi connectivity index (χ4v) is 2.09. The van der Waals surface area contributed by atoms with Gasteiger partial charge in [0, 0.05) is 11.3 Å². The molecule has 0 aliphatic heterocycles. The van der Waals surface area contributed by atoms with Gasteiger partial charge in [-0.1, -0.05) is 12.1 Å². The van der Waals surface area contributed by atoms with Crippen LogP contribution in [0.2, 0.25) is 0 Å². The zero-order valence-electron chi connectivity index (χ0n) is 9.70. The average molecular weight is 226 g/mol. The van der Waals surface area contributed by atoms with Crippen LogP contribution in [0.4, 0.5) is 0 Å². The number of aliphatic hydroxyl groups is 1. The number of rotatable bonds is 4. The molecule has 0 bridgehead atoms. The van der Waals surface area contributed by atoms with Crippen LogP contribution in [0.5, 0.6) is 5.75 Å². The lowest BCUT2D eigenvalue weighted by atomic mass is 10.0. The van der Waals surface area contributed by atoms with Crippen molar-refractivity contribution < 1.29 is 9.84 Å². The van der Waals surface area contributed by atoms with Crippen molar-refractivity contribution in [3.05, 3.63) is 28.8 Å². The first-order valence-electron chi connectivity index (χ1n) is 4.93. The van der Waals surface area contributed by atoms with Crippen molar-refractivity contribution in [2.75, 3.05) is 19.1 Å². The van der Waals surface area contributed by atoms with Crippen LogP contribution in [-0.4, -0.2) is 24.2 Å². The van der Waals surface area contributed by atoms with Gasteiger partial charge in [0.2, 0.25) is 0 Å². The van der Waals surface area contributed by atoms with E-state index in [4.69, 9.17) is 4.74 Å². The predicted octanol–water partition coefficient (Wildman–Crippen LogP) is 2.71. The van der Waals surface area contributed by atoms with Gasteiger partial charge in [0.1, 0.15) is 5.75 Å². The second-order valence-electron chi connectivity index (χ2n) is 3.60. The molecule has 0 saturated heterocycles. The molecule has 1 unspecified atom stereocenters. The zero-order valence-corrected chi connectivity index (χ0v) is 10.5. The minimum atomic E-state index is -0.450. The summed E-state index contributed by atoms with van der Waals surface area (Å²) in [6.07, 6.45) is 1.53. The number of hydrogen-bond donors (Lipinski definition) is 1. The maximum atomic E-state index is 9.95. The van der Waals surface area contributed by atoms with E-state index in [1.54, 1.807) is 18.9 Å². The average Bonchev–Trinajstić information content (AvgIpc) is 2.22. The second-order valence-corrected chi connectivity index (χ2v) is 4.51. The molecule has 3 heteroatoms. The summed E-state index contributed by atoms with van der Waals surface area (Å²) in [5.74, 6) is 1.51. The Hall–Kier alpha value is -0.670. The van der Waals surface area contributed by atoms with E-state index in [0.717, 1.165) is 16.9 Å². The molecule has 0 radical (unpaired) electrons. The van der Waals surface area contributed by atoms with Crippen LogP contribution in [-0.2, 0) is 0 Å². The van der Waals surface area contributed by atoms with E-state index >= 15 is 0 Å². The van der Waals surface area contributed by atoms with Gasteiger partial charge in [-0.2, -0.15) is 11.8 Å². The summed E-state index contributed by atoms with van der Waals surface area (Å²) in [6, 6.07) is 3.97. The lowest BCUT2D eigenvalue weighted by Gasteiger charge is -2.17. The minimum absolute atomic E-state index is 0.450. The molecule has 2 nitrogen and oxygen atoms in total. The third kappa shape index (κ3) is 2.67. The Bertz CT molecular complexity index is 337. The van der Waals surface area contributed by atoms with Gasteiger partial charge in [0.05, 0.1) is 13.2 Å².